The number of hydrogen-bond acceptors (Lipinski definition) is 4. The molecule has 3 rings (SSSR count). The van der Waals surface area contributed by atoms with Crippen molar-refractivity contribution in [1.82, 2.24) is 14.5 Å². The molecule has 0 aliphatic carbocycles. The number of benzene rings is 1. The van der Waals surface area contributed by atoms with Crippen LogP contribution in [0.3, 0.4) is 0 Å². The second kappa shape index (κ2) is 6.42. The minimum Gasteiger partial charge on any atom is -0.336 e. The lowest BCUT2D eigenvalue weighted by atomic mass is 10.1. The number of carbonyl (C=O) groups excluding carboxylic acids is 1. The highest BCUT2D eigenvalue weighted by molar-refractivity contribution is 5.94. The van der Waals surface area contributed by atoms with Crippen LogP contribution in [-0.2, 0) is 13.6 Å². The first-order valence-electron chi connectivity index (χ1n) is 7.78. The average molecular weight is 315 g/mol. The predicted molar refractivity (Wildman–Crippen MR) is 86.3 cm³/mol. The molecule has 6 nitrogen and oxygen atoms in total. The molecule has 1 aromatic carbocycles. The number of aryl methyl sites for hydroxylation is 1. The van der Waals surface area contributed by atoms with Gasteiger partial charge in [0.1, 0.15) is 5.56 Å². The van der Waals surface area contributed by atoms with Gasteiger partial charge in [0, 0.05) is 39.8 Å². The molecule has 23 heavy (non-hydrogen) atoms. The SMILES string of the molecule is Cc1c(C(=O)N2CCN(Cc3ccccc3)CC2)c(=O)on1C. The molecule has 1 aliphatic rings. The Morgan fingerprint density at radius 3 is 2.35 bits per heavy atom. The standard InChI is InChI=1S/C17H21N3O3/c1-13-15(17(22)23-18(13)2)16(21)20-10-8-19(9-11-20)12-14-6-4-3-5-7-14/h3-7H,8-12H2,1-2H3. The van der Waals surface area contributed by atoms with Crippen LogP contribution in [0.5, 0.6) is 0 Å². The van der Waals surface area contributed by atoms with Crippen LogP contribution in [0, 0.1) is 6.92 Å². The molecule has 0 spiro atoms. The third kappa shape index (κ3) is 3.22. The maximum Gasteiger partial charge on any atom is 0.370 e. The minimum atomic E-state index is -0.554. The van der Waals surface area contributed by atoms with Gasteiger partial charge in [0.05, 0.1) is 5.69 Å². The van der Waals surface area contributed by atoms with Crippen molar-refractivity contribution < 1.29 is 9.32 Å². The van der Waals surface area contributed by atoms with Crippen molar-refractivity contribution in [1.29, 1.82) is 0 Å². The van der Waals surface area contributed by atoms with Gasteiger partial charge < -0.3 is 9.42 Å². The fraction of sp³-hybridized carbons (Fsp3) is 0.412. The highest BCUT2D eigenvalue weighted by atomic mass is 16.5. The fourth-order valence-electron chi connectivity index (χ4n) is 2.89. The molecule has 1 amide bonds. The Kier molecular flexibility index (Phi) is 4.34. The normalized spacial score (nSPS) is 15.8. The van der Waals surface area contributed by atoms with Crippen molar-refractivity contribution in [2.75, 3.05) is 26.2 Å². The number of nitrogens with zero attached hydrogens (tertiary/aromatic N) is 3. The van der Waals surface area contributed by atoms with Gasteiger partial charge in [0.15, 0.2) is 0 Å². The van der Waals surface area contributed by atoms with E-state index in [1.165, 1.54) is 10.3 Å². The van der Waals surface area contributed by atoms with Gasteiger partial charge in [-0.2, -0.15) is 0 Å². The number of hydrogen-bond donors (Lipinski definition) is 0. The summed E-state index contributed by atoms with van der Waals surface area (Å²) in [6.07, 6.45) is 0. The molecule has 0 atom stereocenters. The Hall–Kier alpha value is -2.34. The lowest BCUT2D eigenvalue weighted by molar-refractivity contribution is 0.0625. The van der Waals surface area contributed by atoms with Gasteiger partial charge in [-0.25, -0.2) is 9.53 Å². The smallest absolute Gasteiger partial charge is 0.336 e. The van der Waals surface area contributed by atoms with Crippen LogP contribution in [0.4, 0.5) is 0 Å². The first-order valence-corrected chi connectivity index (χ1v) is 7.78. The molecule has 122 valence electrons. The Morgan fingerprint density at radius 2 is 1.78 bits per heavy atom. The van der Waals surface area contributed by atoms with Gasteiger partial charge >= 0.3 is 5.63 Å². The molecular formula is C17H21N3O3. The van der Waals surface area contributed by atoms with E-state index >= 15 is 0 Å². The van der Waals surface area contributed by atoms with Gasteiger partial charge in [0.25, 0.3) is 5.91 Å². The molecule has 0 bridgehead atoms. The average Bonchev–Trinajstić information content (AvgIpc) is 2.81. The molecule has 2 aromatic rings. The maximum atomic E-state index is 12.6. The topological polar surface area (TPSA) is 58.7 Å². The predicted octanol–water partition coefficient (Wildman–Crippen LogP) is 1.24. The van der Waals surface area contributed by atoms with Gasteiger partial charge in [-0.05, 0) is 12.5 Å². The van der Waals surface area contributed by atoms with E-state index in [2.05, 4.69) is 17.0 Å². The van der Waals surface area contributed by atoms with Crippen molar-refractivity contribution in [3.05, 3.63) is 57.6 Å². The summed E-state index contributed by atoms with van der Waals surface area (Å²) >= 11 is 0. The summed E-state index contributed by atoms with van der Waals surface area (Å²) in [5.41, 5.74) is 1.45. The summed E-state index contributed by atoms with van der Waals surface area (Å²) < 4.78 is 6.31. The van der Waals surface area contributed by atoms with E-state index in [1.807, 2.05) is 18.2 Å². The number of rotatable bonds is 3. The van der Waals surface area contributed by atoms with Gasteiger partial charge in [0.2, 0.25) is 0 Å². The Balaban J connectivity index is 1.62. The van der Waals surface area contributed by atoms with E-state index < -0.39 is 5.63 Å². The lowest BCUT2D eigenvalue weighted by Crippen LogP contribution is -2.49. The van der Waals surface area contributed by atoms with Crippen LogP contribution in [0.25, 0.3) is 0 Å². The number of piperazine rings is 1. The van der Waals surface area contributed by atoms with Crippen molar-refractivity contribution in [3.8, 4) is 0 Å². The Bertz CT molecular complexity index is 740. The van der Waals surface area contributed by atoms with E-state index in [-0.39, 0.29) is 11.5 Å². The quantitative estimate of drug-likeness (QED) is 0.855. The summed E-state index contributed by atoms with van der Waals surface area (Å²) in [5, 5.41) is 0. The van der Waals surface area contributed by atoms with Crippen LogP contribution in [0.1, 0.15) is 21.6 Å². The third-order valence-electron chi connectivity index (χ3n) is 4.38. The summed E-state index contributed by atoms with van der Waals surface area (Å²) in [6, 6.07) is 10.3. The van der Waals surface area contributed by atoms with Gasteiger partial charge in [-0.15, -0.1) is 0 Å². The molecular weight excluding hydrogens is 294 g/mol. The molecule has 0 N–H and O–H groups in total. The number of carbonyl (C=O) groups is 1. The zero-order valence-corrected chi connectivity index (χ0v) is 13.5. The first kappa shape index (κ1) is 15.6. The lowest BCUT2D eigenvalue weighted by Gasteiger charge is -2.34. The minimum absolute atomic E-state index is 0.156. The maximum absolute atomic E-state index is 12.6. The molecule has 0 unspecified atom stereocenters. The zero-order chi connectivity index (χ0) is 16.4. The molecule has 6 heteroatoms. The summed E-state index contributed by atoms with van der Waals surface area (Å²) in [5.74, 6) is -0.226. The highest BCUT2D eigenvalue weighted by Crippen LogP contribution is 2.12. The Labute approximate surface area is 134 Å². The van der Waals surface area contributed by atoms with E-state index in [0.717, 1.165) is 19.6 Å². The van der Waals surface area contributed by atoms with Gasteiger partial charge in [-0.3, -0.25) is 9.69 Å². The van der Waals surface area contributed by atoms with Crippen LogP contribution < -0.4 is 5.63 Å². The molecule has 1 aromatic heterocycles. The van der Waals surface area contributed by atoms with E-state index in [4.69, 9.17) is 4.52 Å². The third-order valence-corrected chi connectivity index (χ3v) is 4.38. The summed E-state index contributed by atoms with van der Waals surface area (Å²) in [6.45, 7) is 5.47. The second-order valence-corrected chi connectivity index (χ2v) is 5.89. The summed E-state index contributed by atoms with van der Waals surface area (Å²) in [7, 11) is 1.63. The van der Waals surface area contributed by atoms with Crippen molar-refractivity contribution in [2.24, 2.45) is 7.05 Å². The molecule has 1 saturated heterocycles. The monoisotopic (exact) mass is 315 g/mol. The molecule has 0 saturated carbocycles. The molecule has 1 fully saturated rings. The Morgan fingerprint density at radius 1 is 1.13 bits per heavy atom. The van der Waals surface area contributed by atoms with Crippen molar-refractivity contribution in [3.63, 3.8) is 0 Å². The van der Waals surface area contributed by atoms with Crippen LogP contribution in [0.15, 0.2) is 39.6 Å². The largest absolute Gasteiger partial charge is 0.370 e. The van der Waals surface area contributed by atoms with Crippen molar-refractivity contribution >= 4 is 5.91 Å². The molecule has 0 radical (unpaired) electrons. The van der Waals surface area contributed by atoms with E-state index in [0.29, 0.717) is 18.8 Å². The van der Waals surface area contributed by atoms with E-state index in [9.17, 15) is 9.59 Å². The fourth-order valence-corrected chi connectivity index (χ4v) is 2.89. The van der Waals surface area contributed by atoms with Crippen LogP contribution in [-0.4, -0.2) is 46.6 Å². The van der Waals surface area contributed by atoms with Crippen LogP contribution in [0.2, 0.25) is 0 Å². The van der Waals surface area contributed by atoms with Crippen molar-refractivity contribution in [2.45, 2.75) is 13.5 Å². The first-order chi connectivity index (χ1) is 11.1. The van der Waals surface area contributed by atoms with Crippen LogP contribution >= 0.6 is 0 Å². The number of aromatic nitrogens is 1. The van der Waals surface area contributed by atoms with Gasteiger partial charge in [-0.1, -0.05) is 30.3 Å². The zero-order valence-electron chi connectivity index (χ0n) is 13.5. The summed E-state index contributed by atoms with van der Waals surface area (Å²) in [4.78, 5) is 28.4. The van der Waals surface area contributed by atoms with E-state index in [1.54, 1.807) is 18.9 Å². The second-order valence-electron chi connectivity index (χ2n) is 5.89. The highest BCUT2D eigenvalue weighted by Gasteiger charge is 2.27. The molecule has 2 heterocycles. The number of amides is 1. The molecule has 1 aliphatic heterocycles.